The molecular weight excluding hydrogens is 532 g/mol. The number of amides is 2. The number of carbonyl (C=O) groups excluding carboxylic acids is 2. The number of halogens is 1. The first-order chi connectivity index (χ1) is 17.7. The molecule has 0 spiro atoms. The third-order valence-corrected chi connectivity index (χ3v) is 6.26. The highest BCUT2D eigenvalue weighted by Crippen LogP contribution is 2.38. The average molecular weight is 563 g/mol. The fourth-order valence-electron chi connectivity index (χ4n) is 3.12. The van der Waals surface area contributed by atoms with Crippen LogP contribution in [-0.2, 0) is 28.3 Å². The Labute approximate surface area is 217 Å². The van der Waals surface area contributed by atoms with E-state index in [0.29, 0.717) is 0 Å². The summed E-state index contributed by atoms with van der Waals surface area (Å²) in [4.78, 5) is 67.3. The maximum absolute atomic E-state index is 13.0. The molecule has 1 aromatic carbocycles. The SMILES string of the molecule is C[C@H](CCCOP(=O)(O)N[C@@H](CCC(=O)O)C(=O)O)NC(=O)CC[C@H](NC(=O)c1ccc(F)cc1)C(=O)O. The zero-order chi connectivity index (χ0) is 28.9. The second-order valence-corrected chi connectivity index (χ2v) is 9.88. The van der Waals surface area contributed by atoms with Crippen molar-refractivity contribution in [1.29, 1.82) is 0 Å². The highest BCUT2D eigenvalue weighted by molar-refractivity contribution is 7.50. The van der Waals surface area contributed by atoms with E-state index in [1.54, 1.807) is 6.92 Å². The van der Waals surface area contributed by atoms with Crippen molar-refractivity contribution in [2.45, 2.75) is 63.6 Å². The fourth-order valence-corrected chi connectivity index (χ4v) is 4.20. The standard InChI is InChI=1S/C22H31FN3O11P/c1-13(3-2-12-37-38(35,36)26-17(22(33)34)9-11-19(28)29)24-18(27)10-8-16(21(31)32)25-20(30)14-4-6-15(23)7-5-14/h4-7,13,16-17H,2-3,8-12H2,1H3,(H,24,27)(H,25,30)(H,28,29)(H,31,32)(H,33,34)(H2,26,35,36)/t13-,16+,17+/m1/s1. The number of hydrogen-bond acceptors (Lipinski definition) is 7. The fraction of sp³-hybridized carbons (Fsp3) is 0.500. The van der Waals surface area contributed by atoms with Gasteiger partial charge in [-0.15, -0.1) is 0 Å². The number of rotatable bonds is 18. The summed E-state index contributed by atoms with van der Waals surface area (Å²) in [5.74, 6) is -5.93. The summed E-state index contributed by atoms with van der Waals surface area (Å²) in [6, 6.07) is 1.09. The van der Waals surface area contributed by atoms with Gasteiger partial charge in [0.1, 0.15) is 17.9 Å². The second-order valence-electron chi connectivity index (χ2n) is 8.33. The highest BCUT2D eigenvalue weighted by Gasteiger charge is 2.29. The molecule has 0 heterocycles. The van der Waals surface area contributed by atoms with Gasteiger partial charge in [0.2, 0.25) is 5.91 Å². The highest BCUT2D eigenvalue weighted by atomic mass is 31.2. The molecule has 0 saturated heterocycles. The van der Waals surface area contributed by atoms with Crippen LogP contribution in [0.2, 0.25) is 0 Å². The van der Waals surface area contributed by atoms with E-state index in [9.17, 15) is 42.9 Å². The lowest BCUT2D eigenvalue weighted by Gasteiger charge is -2.19. The van der Waals surface area contributed by atoms with Gasteiger partial charge in [-0.2, -0.15) is 0 Å². The van der Waals surface area contributed by atoms with Crippen LogP contribution in [-0.4, -0.2) is 74.7 Å². The molecule has 1 rings (SSSR count). The van der Waals surface area contributed by atoms with Gasteiger partial charge in [-0.1, -0.05) is 0 Å². The lowest BCUT2D eigenvalue weighted by Crippen LogP contribution is -2.42. The van der Waals surface area contributed by atoms with Gasteiger partial charge in [0.25, 0.3) is 5.91 Å². The summed E-state index contributed by atoms with van der Waals surface area (Å²) in [6.07, 6.45) is -0.932. The van der Waals surface area contributed by atoms with Gasteiger partial charge in [-0.3, -0.25) is 23.7 Å². The smallest absolute Gasteiger partial charge is 0.403 e. The predicted octanol–water partition coefficient (Wildman–Crippen LogP) is 1.10. The van der Waals surface area contributed by atoms with Crippen molar-refractivity contribution in [3.05, 3.63) is 35.6 Å². The van der Waals surface area contributed by atoms with Crippen LogP contribution in [0.5, 0.6) is 0 Å². The minimum atomic E-state index is -4.54. The first-order valence-corrected chi connectivity index (χ1v) is 13.1. The van der Waals surface area contributed by atoms with Crippen molar-refractivity contribution >= 4 is 37.5 Å². The van der Waals surface area contributed by atoms with Crippen molar-refractivity contribution in [1.82, 2.24) is 15.7 Å². The molecule has 16 heteroatoms. The van der Waals surface area contributed by atoms with E-state index in [2.05, 4.69) is 10.6 Å². The molecule has 0 fully saturated rings. The number of hydrogen-bond donors (Lipinski definition) is 7. The van der Waals surface area contributed by atoms with Crippen molar-refractivity contribution in [2.24, 2.45) is 0 Å². The first kappa shape index (κ1) is 32.6. The monoisotopic (exact) mass is 563 g/mol. The molecule has 212 valence electrons. The van der Waals surface area contributed by atoms with E-state index in [-0.39, 0.29) is 37.9 Å². The molecule has 7 N–H and O–H groups in total. The van der Waals surface area contributed by atoms with E-state index in [1.165, 1.54) is 12.1 Å². The molecule has 4 atom stereocenters. The van der Waals surface area contributed by atoms with Gasteiger partial charge in [0.15, 0.2) is 0 Å². The summed E-state index contributed by atoms with van der Waals surface area (Å²) in [5, 5.41) is 33.8. The third-order valence-electron chi connectivity index (χ3n) is 5.09. The van der Waals surface area contributed by atoms with Crippen molar-refractivity contribution in [3.8, 4) is 0 Å². The maximum Gasteiger partial charge on any atom is 0.403 e. The number of carbonyl (C=O) groups is 5. The van der Waals surface area contributed by atoms with E-state index >= 15 is 0 Å². The molecule has 0 saturated carbocycles. The zero-order valence-electron chi connectivity index (χ0n) is 20.5. The second kappa shape index (κ2) is 15.8. The maximum atomic E-state index is 13.0. The molecule has 0 aromatic heterocycles. The summed E-state index contributed by atoms with van der Waals surface area (Å²) >= 11 is 0. The van der Waals surface area contributed by atoms with E-state index in [4.69, 9.17) is 14.7 Å². The number of carboxylic acid groups (broad SMARTS) is 3. The zero-order valence-corrected chi connectivity index (χ0v) is 21.4. The van der Waals surface area contributed by atoms with Gasteiger partial charge < -0.3 is 30.8 Å². The molecule has 1 unspecified atom stereocenters. The first-order valence-electron chi connectivity index (χ1n) is 11.5. The molecular formula is C22H31FN3O11P. The normalized spacial score (nSPS) is 14.9. The largest absolute Gasteiger partial charge is 0.481 e. The summed E-state index contributed by atoms with van der Waals surface area (Å²) in [6.45, 7) is 1.36. The Morgan fingerprint density at radius 3 is 2.05 bits per heavy atom. The minimum Gasteiger partial charge on any atom is -0.481 e. The quantitative estimate of drug-likeness (QED) is 0.0984. The van der Waals surface area contributed by atoms with Crippen LogP contribution in [0.4, 0.5) is 4.39 Å². The van der Waals surface area contributed by atoms with E-state index in [0.717, 1.165) is 12.1 Å². The number of benzene rings is 1. The Bertz CT molecular complexity index is 1040. The Hall–Kier alpha value is -3.39. The van der Waals surface area contributed by atoms with Crippen LogP contribution < -0.4 is 15.7 Å². The van der Waals surface area contributed by atoms with Gasteiger partial charge in [-0.25, -0.2) is 18.8 Å². The molecule has 14 nitrogen and oxygen atoms in total. The Balaban J connectivity index is 2.41. The van der Waals surface area contributed by atoms with E-state index < -0.39 is 74.3 Å². The van der Waals surface area contributed by atoms with Crippen LogP contribution in [0.15, 0.2) is 24.3 Å². The van der Waals surface area contributed by atoms with Crippen LogP contribution in [0.25, 0.3) is 0 Å². The Morgan fingerprint density at radius 2 is 1.50 bits per heavy atom. The van der Waals surface area contributed by atoms with Gasteiger partial charge in [0.05, 0.1) is 6.61 Å². The van der Waals surface area contributed by atoms with Gasteiger partial charge in [-0.05, 0) is 56.9 Å². The number of carboxylic acids is 3. The average Bonchev–Trinajstić information content (AvgIpc) is 2.82. The molecule has 0 aliphatic rings. The lowest BCUT2D eigenvalue weighted by atomic mass is 10.1. The molecule has 2 amide bonds. The molecule has 1 aromatic rings. The summed E-state index contributed by atoms with van der Waals surface area (Å²) in [7, 11) is -4.54. The van der Waals surface area contributed by atoms with Crippen molar-refractivity contribution < 1.29 is 57.7 Å². The summed E-state index contributed by atoms with van der Waals surface area (Å²) in [5.41, 5.74) is 0.0549. The summed E-state index contributed by atoms with van der Waals surface area (Å²) < 4.78 is 29.8. The number of nitrogens with one attached hydrogen (secondary N) is 3. The van der Waals surface area contributed by atoms with Crippen LogP contribution in [0.1, 0.15) is 55.8 Å². The third kappa shape index (κ3) is 13.2. The molecule has 0 bridgehead atoms. The molecule has 0 radical (unpaired) electrons. The molecule has 0 aliphatic carbocycles. The Kier molecular flexibility index (Phi) is 13.5. The van der Waals surface area contributed by atoms with Crippen LogP contribution in [0, 0.1) is 5.82 Å². The Morgan fingerprint density at radius 1 is 0.921 bits per heavy atom. The van der Waals surface area contributed by atoms with E-state index in [1.807, 2.05) is 5.09 Å². The predicted molar refractivity (Wildman–Crippen MR) is 129 cm³/mol. The van der Waals surface area contributed by atoms with Crippen molar-refractivity contribution in [2.75, 3.05) is 6.61 Å². The number of aliphatic carboxylic acids is 3. The lowest BCUT2D eigenvalue weighted by molar-refractivity contribution is -0.141. The van der Waals surface area contributed by atoms with Gasteiger partial charge >= 0.3 is 25.7 Å². The minimum absolute atomic E-state index is 0.0549. The molecule has 38 heavy (non-hydrogen) atoms. The molecule has 0 aliphatic heterocycles. The van der Waals surface area contributed by atoms with Gasteiger partial charge in [0, 0.05) is 24.4 Å². The van der Waals surface area contributed by atoms with Crippen LogP contribution in [0.3, 0.4) is 0 Å². The topological polar surface area (TPSA) is 229 Å². The van der Waals surface area contributed by atoms with Crippen LogP contribution >= 0.6 is 7.75 Å². The van der Waals surface area contributed by atoms with Crippen molar-refractivity contribution in [3.63, 3.8) is 0 Å².